The van der Waals surface area contributed by atoms with Crippen molar-refractivity contribution in [2.24, 2.45) is 0 Å². The van der Waals surface area contributed by atoms with E-state index in [0.717, 1.165) is 10.9 Å². The van der Waals surface area contributed by atoms with Gasteiger partial charge in [0.05, 0.1) is 0 Å². The van der Waals surface area contributed by atoms with Gasteiger partial charge in [-0.2, -0.15) is 0 Å². The van der Waals surface area contributed by atoms with Crippen molar-refractivity contribution < 1.29 is 14.3 Å². The average Bonchev–Trinajstić information content (AvgIpc) is 3.09. The summed E-state index contributed by atoms with van der Waals surface area (Å²) in [7, 11) is 3.39. The van der Waals surface area contributed by atoms with Crippen molar-refractivity contribution in [1.29, 1.82) is 0 Å². The molecule has 0 aliphatic heterocycles. The average molecular weight is 337 g/mol. The first-order valence-corrected chi connectivity index (χ1v) is 7.85. The van der Waals surface area contributed by atoms with E-state index in [-0.39, 0.29) is 18.4 Å². The molecule has 2 amide bonds. The molecule has 2 N–H and O–H groups in total. The lowest BCUT2D eigenvalue weighted by molar-refractivity contribution is -0.118. The van der Waals surface area contributed by atoms with E-state index in [1.807, 2.05) is 30.5 Å². The third kappa shape index (κ3) is 3.80. The summed E-state index contributed by atoms with van der Waals surface area (Å²) in [6.07, 6.45) is 1.83. The van der Waals surface area contributed by atoms with E-state index >= 15 is 0 Å². The second-order valence-electron chi connectivity index (χ2n) is 5.81. The number of benzene rings is 2. The number of nitrogens with zero attached hydrogens (tertiary/aromatic N) is 1. The molecule has 3 rings (SSSR count). The summed E-state index contributed by atoms with van der Waals surface area (Å²) in [6, 6.07) is 14.3. The number of carbonyl (C=O) groups is 2. The van der Waals surface area contributed by atoms with Gasteiger partial charge in [0.15, 0.2) is 6.61 Å². The summed E-state index contributed by atoms with van der Waals surface area (Å²) in [5, 5.41) is 3.69. The van der Waals surface area contributed by atoms with Gasteiger partial charge in [-0.05, 0) is 42.5 Å². The number of fused-ring (bicyclic) bond motifs is 1. The number of nitrogens with one attached hydrogen (secondary N) is 2. The van der Waals surface area contributed by atoms with Gasteiger partial charge in [-0.1, -0.05) is 6.07 Å². The Balaban J connectivity index is 1.59. The molecule has 6 nitrogen and oxygen atoms in total. The molecule has 6 heteroatoms. The number of anilines is 1. The second-order valence-corrected chi connectivity index (χ2v) is 5.81. The number of ether oxygens (including phenoxy) is 1. The van der Waals surface area contributed by atoms with Gasteiger partial charge in [0.2, 0.25) is 0 Å². The molecule has 0 aliphatic carbocycles. The van der Waals surface area contributed by atoms with Crippen molar-refractivity contribution in [3.05, 3.63) is 60.3 Å². The SMILES string of the molecule is CN(C)C(=O)c1ccc(NC(=O)COc2cccc3[nH]ccc23)cc1. The van der Waals surface area contributed by atoms with Crippen LogP contribution in [0, 0.1) is 0 Å². The molecule has 0 saturated carbocycles. The van der Waals surface area contributed by atoms with Crippen molar-refractivity contribution >= 4 is 28.4 Å². The second kappa shape index (κ2) is 7.09. The van der Waals surface area contributed by atoms with E-state index in [9.17, 15) is 9.59 Å². The molecule has 128 valence electrons. The Kier molecular flexibility index (Phi) is 4.70. The molecule has 0 atom stereocenters. The molecule has 0 fully saturated rings. The predicted molar refractivity (Wildman–Crippen MR) is 96.9 cm³/mol. The highest BCUT2D eigenvalue weighted by molar-refractivity contribution is 5.96. The Hall–Kier alpha value is -3.28. The van der Waals surface area contributed by atoms with Gasteiger partial charge in [-0.15, -0.1) is 0 Å². The van der Waals surface area contributed by atoms with Crippen molar-refractivity contribution in [3.8, 4) is 5.75 Å². The molecule has 1 aromatic heterocycles. The van der Waals surface area contributed by atoms with Crippen LogP contribution in [0.3, 0.4) is 0 Å². The highest BCUT2D eigenvalue weighted by Crippen LogP contribution is 2.24. The molecular formula is C19H19N3O3. The summed E-state index contributed by atoms with van der Waals surface area (Å²) in [5.41, 5.74) is 2.14. The minimum absolute atomic E-state index is 0.0826. The fraction of sp³-hybridized carbons (Fsp3) is 0.158. The van der Waals surface area contributed by atoms with Gasteiger partial charge in [0, 0.05) is 42.4 Å². The van der Waals surface area contributed by atoms with Crippen LogP contribution in [0.1, 0.15) is 10.4 Å². The predicted octanol–water partition coefficient (Wildman–Crippen LogP) is 2.89. The van der Waals surface area contributed by atoms with Crippen molar-refractivity contribution in [2.45, 2.75) is 0 Å². The summed E-state index contributed by atoms with van der Waals surface area (Å²) < 4.78 is 5.61. The first kappa shape index (κ1) is 16.6. The molecule has 0 saturated heterocycles. The lowest BCUT2D eigenvalue weighted by atomic mass is 10.2. The Labute approximate surface area is 145 Å². The van der Waals surface area contributed by atoms with Gasteiger partial charge < -0.3 is 19.9 Å². The third-order valence-electron chi connectivity index (χ3n) is 3.74. The monoisotopic (exact) mass is 337 g/mol. The van der Waals surface area contributed by atoms with Crippen LogP contribution >= 0.6 is 0 Å². The van der Waals surface area contributed by atoms with Gasteiger partial charge >= 0.3 is 0 Å². The first-order chi connectivity index (χ1) is 12.0. The Morgan fingerprint density at radius 2 is 1.84 bits per heavy atom. The van der Waals surface area contributed by atoms with E-state index in [0.29, 0.717) is 17.0 Å². The normalized spacial score (nSPS) is 10.5. The van der Waals surface area contributed by atoms with E-state index in [1.165, 1.54) is 4.90 Å². The van der Waals surface area contributed by atoms with Crippen LogP contribution in [0.4, 0.5) is 5.69 Å². The molecule has 3 aromatic rings. The Morgan fingerprint density at radius 1 is 1.08 bits per heavy atom. The zero-order chi connectivity index (χ0) is 17.8. The number of rotatable bonds is 5. The molecular weight excluding hydrogens is 318 g/mol. The number of aromatic nitrogens is 1. The van der Waals surface area contributed by atoms with Crippen molar-refractivity contribution in [3.63, 3.8) is 0 Å². The van der Waals surface area contributed by atoms with E-state index < -0.39 is 0 Å². The number of amides is 2. The minimum Gasteiger partial charge on any atom is -0.483 e. The van der Waals surface area contributed by atoms with Crippen molar-refractivity contribution in [2.75, 3.05) is 26.0 Å². The zero-order valence-corrected chi connectivity index (χ0v) is 14.1. The highest BCUT2D eigenvalue weighted by atomic mass is 16.5. The molecule has 0 aliphatic rings. The largest absolute Gasteiger partial charge is 0.483 e. The lowest BCUT2D eigenvalue weighted by Crippen LogP contribution is -2.22. The van der Waals surface area contributed by atoms with Crippen LogP contribution in [-0.4, -0.2) is 42.4 Å². The van der Waals surface area contributed by atoms with Crippen LogP contribution < -0.4 is 10.1 Å². The molecule has 2 aromatic carbocycles. The van der Waals surface area contributed by atoms with Crippen LogP contribution in [-0.2, 0) is 4.79 Å². The number of hydrogen-bond donors (Lipinski definition) is 2. The molecule has 0 spiro atoms. The van der Waals surface area contributed by atoms with Gasteiger partial charge in [0.1, 0.15) is 5.75 Å². The molecule has 0 bridgehead atoms. The van der Waals surface area contributed by atoms with Gasteiger partial charge in [-0.3, -0.25) is 9.59 Å². The maximum absolute atomic E-state index is 12.1. The van der Waals surface area contributed by atoms with Gasteiger partial charge in [0.25, 0.3) is 11.8 Å². The maximum atomic E-state index is 12.1. The van der Waals surface area contributed by atoms with Gasteiger partial charge in [-0.25, -0.2) is 0 Å². The van der Waals surface area contributed by atoms with E-state index in [2.05, 4.69) is 10.3 Å². The smallest absolute Gasteiger partial charge is 0.262 e. The quantitative estimate of drug-likeness (QED) is 0.752. The number of aromatic amines is 1. The molecule has 1 heterocycles. The van der Waals surface area contributed by atoms with Crippen LogP contribution in [0.5, 0.6) is 5.75 Å². The van der Waals surface area contributed by atoms with E-state index in [4.69, 9.17) is 4.74 Å². The minimum atomic E-state index is -0.265. The highest BCUT2D eigenvalue weighted by Gasteiger charge is 2.09. The van der Waals surface area contributed by atoms with Crippen LogP contribution in [0.2, 0.25) is 0 Å². The fourth-order valence-corrected chi connectivity index (χ4v) is 2.48. The Morgan fingerprint density at radius 3 is 2.56 bits per heavy atom. The zero-order valence-electron chi connectivity index (χ0n) is 14.1. The summed E-state index contributed by atoms with van der Waals surface area (Å²) in [6.45, 7) is -0.0946. The summed E-state index contributed by atoms with van der Waals surface area (Å²) >= 11 is 0. The number of H-pyrrole nitrogens is 1. The lowest BCUT2D eigenvalue weighted by Gasteiger charge is -2.11. The topological polar surface area (TPSA) is 74.4 Å². The molecule has 0 radical (unpaired) electrons. The van der Waals surface area contributed by atoms with Crippen LogP contribution in [0.15, 0.2) is 54.7 Å². The fourth-order valence-electron chi connectivity index (χ4n) is 2.48. The standard InChI is InChI=1S/C19H19N3O3/c1-22(2)19(24)13-6-8-14(9-7-13)21-18(23)12-25-17-5-3-4-16-15(17)10-11-20-16/h3-11,20H,12H2,1-2H3,(H,21,23). The summed E-state index contributed by atoms with van der Waals surface area (Å²) in [4.78, 5) is 28.5. The molecule has 25 heavy (non-hydrogen) atoms. The third-order valence-corrected chi connectivity index (χ3v) is 3.74. The number of carbonyl (C=O) groups excluding carboxylic acids is 2. The number of hydrogen-bond acceptors (Lipinski definition) is 3. The van der Waals surface area contributed by atoms with Crippen molar-refractivity contribution in [1.82, 2.24) is 9.88 Å². The van der Waals surface area contributed by atoms with E-state index in [1.54, 1.807) is 38.4 Å². The van der Waals surface area contributed by atoms with Crippen LogP contribution in [0.25, 0.3) is 10.9 Å². The molecule has 0 unspecified atom stereocenters. The first-order valence-electron chi connectivity index (χ1n) is 7.85. The maximum Gasteiger partial charge on any atom is 0.262 e. The Bertz CT molecular complexity index is 898. The summed E-state index contributed by atoms with van der Waals surface area (Å²) in [5.74, 6) is 0.306.